The molecule has 2 aromatic carbocycles. The predicted molar refractivity (Wildman–Crippen MR) is 147 cm³/mol. The predicted octanol–water partition coefficient (Wildman–Crippen LogP) is 2.09. The van der Waals surface area contributed by atoms with Gasteiger partial charge in [-0.05, 0) is 61.3 Å². The highest BCUT2D eigenvalue weighted by atomic mass is 16.2. The summed E-state index contributed by atoms with van der Waals surface area (Å²) in [5.74, 6) is -0.261. The van der Waals surface area contributed by atoms with Gasteiger partial charge in [-0.2, -0.15) is 0 Å². The molecule has 0 bridgehead atoms. The standard InChI is InChI=1S/C29H37N7O3/c1-34-25-11-9-20(17-24(25)32-33-34)19-31-28(38)26-18-22(21-7-3-2-4-8-21)13-16-36(26)29(39)23(30)10-12-27(37)35-14-5-6-15-35/h2-4,7-9,11,17,22-23,26H,5-6,10,12-16,18-19,30H2,1H3,(H,31,38)/t22-,23+,26-/m0/s1. The first-order chi connectivity index (χ1) is 18.9. The smallest absolute Gasteiger partial charge is 0.243 e. The van der Waals surface area contributed by atoms with Crippen molar-refractivity contribution in [2.75, 3.05) is 19.6 Å². The molecule has 2 fully saturated rings. The van der Waals surface area contributed by atoms with Gasteiger partial charge in [0.25, 0.3) is 0 Å². The number of hydrogen-bond donors (Lipinski definition) is 2. The van der Waals surface area contributed by atoms with Crippen LogP contribution in [-0.4, -0.2) is 74.2 Å². The van der Waals surface area contributed by atoms with Crippen LogP contribution in [0.4, 0.5) is 0 Å². The number of rotatable bonds is 8. The van der Waals surface area contributed by atoms with Crippen molar-refractivity contribution in [2.45, 2.75) is 63.1 Å². The Hall–Kier alpha value is -3.79. The highest BCUT2D eigenvalue weighted by molar-refractivity contribution is 5.90. The molecule has 10 heteroatoms. The lowest BCUT2D eigenvalue weighted by Gasteiger charge is -2.40. The Morgan fingerprint density at radius 1 is 1.08 bits per heavy atom. The molecule has 3 amide bonds. The van der Waals surface area contributed by atoms with Crippen molar-refractivity contribution in [2.24, 2.45) is 12.8 Å². The average molecular weight is 532 g/mol. The molecule has 3 aromatic rings. The van der Waals surface area contributed by atoms with E-state index < -0.39 is 12.1 Å². The summed E-state index contributed by atoms with van der Waals surface area (Å²) < 4.78 is 1.70. The van der Waals surface area contributed by atoms with Crippen LogP contribution in [0.15, 0.2) is 48.5 Å². The SMILES string of the molecule is Cn1nnc2cc(CNC(=O)[C@@H]3C[C@@H](c4ccccc4)CCN3C(=O)[C@H](N)CCC(=O)N3CCCC3)ccc21. The van der Waals surface area contributed by atoms with Crippen molar-refractivity contribution in [1.29, 1.82) is 0 Å². The number of nitrogens with zero attached hydrogens (tertiary/aromatic N) is 5. The zero-order valence-electron chi connectivity index (χ0n) is 22.5. The van der Waals surface area contributed by atoms with Gasteiger partial charge in [0.2, 0.25) is 17.7 Å². The summed E-state index contributed by atoms with van der Waals surface area (Å²) in [4.78, 5) is 43.0. The van der Waals surface area contributed by atoms with Gasteiger partial charge in [-0.3, -0.25) is 14.4 Å². The van der Waals surface area contributed by atoms with E-state index in [-0.39, 0.29) is 36.5 Å². The second-order valence-electron chi connectivity index (χ2n) is 10.7. The van der Waals surface area contributed by atoms with Gasteiger partial charge in [-0.1, -0.05) is 41.6 Å². The van der Waals surface area contributed by atoms with Crippen LogP contribution >= 0.6 is 0 Å². The topological polar surface area (TPSA) is 126 Å². The minimum absolute atomic E-state index is 0.0490. The zero-order valence-corrected chi connectivity index (χ0v) is 22.5. The largest absolute Gasteiger partial charge is 0.350 e. The van der Waals surface area contributed by atoms with E-state index in [9.17, 15) is 14.4 Å². The van der Waals surface area contributed by atoms with Crippen LogP contribution in [0.3, 0.4) is 0 Å². The Morgan fingerprint density at radius 3 is 2.62 bits per heavy atom. The van der Waals surface area contributed by atoms with Crippen molar-refractivity contribution in [3.8, 4) is 0 Å². The summed E-state index contributed by atoms with van der Waals surface area (Å²) >= 11 is 0. The van der Waals surface area contributed by atoms with Crippen LogP contribution in [0.25, 0.3) is 11.0 Å². The van der Waals surface area contributed by atoms with Crippen LogP contribution in [0.1, 0.15) is 55.6 Å². The van der Waals surface area contributed by atoms with Crippen LogP contribution in [0.5, 0.6) is 0 Å². The summed E-state index contributed by atoms with van der Waals surface area (Å²) in [5.41, 5.74) is 10.1. The number of aryl methyl sites for hydroxylation is 1. The molecule has 0 spiro atoms. The lowest BCUT2D eigenvalue weighted by Crippen LogP contribution is -2.57. The van der Waals surface area contributed by atoms with Crippen LogP contribution in [0, 0.1) is 0 Å². The number of nitrogens with two attached hydrogens (primary N) is 1. The molecule has 3 atom stereocenters. The fourth-order valence-electron chi connectivity index (χ4n) is 5.75. The van der Waals surface area contributed by atoms with Crippen LogP contribution in [-0.2, 0) is 28.0 Å². The molecule has 206 valence electrons. The maximum Gasteiger partial charge on any atom is 0.243 e. The summed E-state index contributed by atoms with van der Waals surface area (Å²) in [7, 11) is 1.83. The first kappa shape index (κ1) is 26.8. The number of amides is 3. The second-order valence-corrected chi connectivity index (χ2v) is 10.7. The number of benzene rings is 2. The Morgan fingerprint density at radius 2 is 1.85 bits per heavy atom. The Labute approximate surface area is 228 Å². The first-order valence-corrected chi connectivity index (χ1v) is 13.9. The summed E-state index contributed by atoms with van der Waals surface area (Å²) in [6.45, 7) is 2.31. The molecule has 5 rings (SSSR count). The van der Waals surface area contributed by atoms with E-state index in [1.165, 1.54) is 0 Å². The van der Waals surface area contributed by atoms with Crippen molar-refractivity contribution in [3.05, 3.63) is 59.7 Å². The Bertz CT molecular complexity index is 1320. The lowest BCUT2D eigenvalue weighted by atomic mass is 9.84. The number of carbonyl (C=O) groups excluding carboxylic acids is 3. The van der Waals surface area contributed by atoms with Gasteiger partial charge in [0.15, 0.2) is 0 Å². The molecule has 39 heavy (non-hydrogen) atoms. The van der Waals surface area contributed by atoms with E-state index >= 15 is 0 Å². The number of fused-ring (bicyclic) bond motifs is 1. The van der Waals surface area contributed by atoms with Crippen LogP contribution in [0.2, 0.25) is 0 Å². The van der Waals surface area contributed by atoms with Crippen LogP contribution < -0.4 is 11.1 Å². The van der Waals surface area contributed by atoms with Crippen molar-refractivity contribution >= 4 is 28.8 Å². The monoisotopic (exact) mass is 531 g/mol. The van der Waals surface area contributed by atoms with Gasteiger partial charge >= 0.3 is 0 Å². The van der Waals surface area contributed by atoms with Gasteiger partial charge < -0.3 is 20.9 Å². The van der Waals surface area contributed by atoms with Crippen molar-refractivity contribution in [1.82, 2.24) is 30.1 Å². The molecule has 2 aliphatic rings. The van der Waals surface area contributed by atoms with Crippen molar-refractivity contribution in [3.63, 3.8) is 0 Å². The molecule has 1 aromatic heterocycles. The number of carbonyl (C=O) groups is 3. The summed E-state index contributed by atoms with van der Waals surface area (Å²) in [6.07, 6.45) is 3.84. The lowest BCUT2D eigenvalue weighted by molar-refractivity contribution is -0.144. The van der Waals surface area contributed by atoms with E-state index in [4.69, 9.17) is 5.73 Å². The maximum atomic E-state index is 13.6. The van der Waals surface area contributed by atoms with Gasteiger partial charge in [0.05, 0.1) is 11.6 Å². The quantitative estimate of drug-likeness (QED) is 0.458. The summed E-state index contributed by atoms with van der Waals surface area (Å²) in [6, 6.07) is 14.4. The van der Waals surface area contributed by atoms with E-state index in [1.807, 2.05) is 48.3 Å². The molecular weight excluding hydrogens is 494 g/mol. The second kappa shape index (κ2) is 11.9. The number of aromatic nitrogens is 3. The zero-order chi connectivity index (χ0) is 27.4. The molecule has 0 unspecified atom stereocenters. The maximum absolute atomic E-state index is 13.6. The minimum Gasteiger partial charge on any atom is -0.350 e. The molecule has 10 nitrogen and oxygen atoms in total. The minimum atomic E-state index is -0.820. The van der Waals surface area contributed by atoms with Gasteiger partial charge in [-0.15, -0.1) is 5.10 Å². The number of likely N-dealkylation sites (tertiary alicyclic amines) is 2. The van der Waals surface area contributed by atoms with E-state index in [1.54, 1.807) is 9.58 Å². The highest BCUT2D eigenvalue weighted by Crippen LogP contribution is 2.32. The molecule has 0 radical (unpaired) electrons. The highest BCUT2D eigenvalue weighted by Gasteiger charge is 2.38. The normalized spacial score (nSPS) is 20.3. The third-order valence-electron chi connectivity index (χ3n) is 8.05. The molecule has 2 aliphatic heterocycles. The fourth-order valence-corrected chi connectivity index (χ4v) is 5.75. The third-order valence-corrected chi connectivity index (χ3v) is 8.05. The van der Waals surface area contributed by atoms with Crippen molar-refractivity contribution < 1.29 is 14.4 Å². The number of piperidine rings is 1. The molecular formula is C29H37N7O3. The van der Waals surface area contributed by atoms with Gasteiger partial charge in [0, 0.05) is 39.6 Å². The summed E-state index contributed by atoms with van der Waals surface area (Å²) in [5, 5.41) is 11.2. The van der Waals surface area contributed by atoms with E-state index in [0.29, 0.717) is 19.5 Å². The first-order valence-electron chi connectivity index (χ1n) is 13.9. The fraction of sp³-hybridized carbons (Fsp3) is 0.483. The molecule has 3 N–H and O–H groups in total. The molecule has 2 saturated heterocycles. The Balaban J connectivity index is 1.26. The molecule has 0 saturated carbocycles. The Kier molecular flexibility index (Phi) is 8.21. The third kappa shape index (κ3) is 6.11. The number of nitrogens with one attached hydrogen (secondary N) is 1. The molecule has 0 aliphatic carbocycles. The van der Waals surface area contributed by atoms with E-state index in [2.05, 4.69) is 27.8 Å². The van der Waals surface area contributed by atoms with Gasteiger partial charge in [-0.25, -0.2) is 4.68 Å². The van der Waals surface area contributed by atoms with Gasteiger partial charge in [0.1, 0.15) is 11.6 Å². The molecule has 3 heterocycles. The average Bonchev–Trinajstić information content (AvgIpc) is 3.64. The number of hydrogen-bond acceptors (Lipinski definition) is 6. The van der Waals surface area contributed by atoms with E-state index in [0.717, 1.165) is 54.5 Å².